The molecule has 1 saturated carbocycles. The number of ether oxygens (including phenoxy) is 1. The monoisotopic (exact) mass is 231 g/mol. The number of methoxy groups -OCH3 is 1. The molecule has 3 rings (SSSR count). The molecule has 0 bridgehead atoms. The Kier molecular flexibility index (Phi) is 2.71. The highest BCUT2D eigenvalue weighted by Crippen LogP contribution is 2.31. The van der Waals surface area contributed by atoms with Crippen molar-refractivity contribution in [2.45, 2.75) is 38.0 Å². The molecule has 1 aliphatic carbocycles. The van der Waals surface area contributed by atoms with Gasteiger partial charge in [0, 0.05) is 12.0 Å². The van der Waals surface area contributed by atoms with Gasteiger partial charge in [0.1, 0.15) is 5.82 Å². The van der Waals surface area contributed by atoms with E-state index < -0.39 is 0 Å². The topological polar surface area (TPSA) is 50.8 Å². The van der Waals surface area contributed by atoms with Crippen LogP contribution in [0.3, 0.4) is 0 Å². The quantitative estimate of drug-likeness (QED) is 0.864. The van der Waals surface area contributed by atoms with E-state index in [1.54, 1.807) is 7.11 Å². The molecule has 90 valence electrons. The highest BCUT2D eigenvalue weighted by Gasteiger charge is 2.19. The van der Waals surface area contributed by atoms with E-state index in [-0.39, 0.29) is 0 Å². The van der Waals surface area contributed by atoms with Gasteiger partial charge in [0.05, 0.1) is 12.6 Å². The summed E-state index contributed by atoms with van der Waals surface area (Å²) in [6, 6.07) is 3.85. The van der Waals surface area contributed by atoms with Crippen molar-refractivity contribution in [3.8, 4) is 5.88 Å². The van der Waals surface area contributed by atoms with Crippen molar-refractivity contribution in [3.05, 3.63) is 18.0 Å². The third kappa shape index (κ3) is 1.99. The zero-order valence-corrected chi connectivity index (χ0v) is 10.1. The van der Waals surface area contributed by atoms with Crippen LogP contribution in [0.4, 0.5) is 0 Å². The molecule has 1 aliphatic rings. The van der Waals surface area contributed by atoms with Gasteiger partial charge in [-0.3, -0.25) is 0 Å². The van der Waals surface area contributed by atoms with Gasteiger partial charge in [0.15, 0.2) is 5.65 Å². The Morgan fingerprint density at radius 1 is 1.18 bits per heavy atom. The average Bonchev–Trinajstić information content (AvgIpc) is 2.82. The summed E-state index contributed by atoms with van der Waals surface area (Å²) < 4.78 is 5.11. The van der Waals surface area contributed by atoms with Crippen LogP contribution in [0, 0.1) is 0 Å². The summed E-state index contributed by atoms with van der Waals surface area (Å²) in [6.45, 7) is 0. The molecule has 0 atom stereocenters. The molecular formula is C13H17N3O. The summed E-state index contributed by atoms with van der Waals surface area (Å²) in [5, 5.41) is 0. The maximum absolute atomic E-state index is 5.11. The van der Waals surface area contributed by atoms with Crippen molar-refractivity contribution in [2.75, 3.05) is 7.11 Å². The number of fused-ring (bicyclic) bond motifs is 1. The third-order valence-corrected chi connectivity index (χ3v) is 3.54. The lowest BCUT2D eigenvalue weighted by atomic mass is 9.89. The van der Waals surface area contributed by atoms with Crippen LogP contribution in [0.5, 0.6) is 5.88 Å². The van der Waals surface area contributed by atoms with Crippen LogP contribution in [-0.2, 0) is 0 Å². The van der Waals surface area contributed by atoms with E-state index in [0.717, 1.165) is 17.0 Å². The smallest absolute Gasteiger partial charge is 0.215 e. The largest absolute Gasteiger partial charge is 0.481 e. The minimum atomic E-state index is 0.587. The summed E-state index contributed by atoms with van der Waals surface area (Å²) in [6.07, 6.45) is 6.49. The van der Waals surface area contributed by atoms with Crippen LogP contribution >= 0.6 is 0 Å². The lowest BCUT2D eigenvalue weighted by Gasteiger charge is -2.18. The molecule has 1 N–H and O–H groups in total. The minimum Gasteiger partial charge on any atom is -0.481 e. The van der Waals surface area contributed by atoms with E-state index in [1.807, 2.05) is 12.1 Å². The summed E-state index contributed by atoms with van der Waals surface area (Å²) in [7, 11) is 1.63. The van der Waals surface area contributed by atoms with Crippen LogP contribution < -0.4 is 4.74 Å². The second-order valence-corrected chi connectivity index (χ2v) is 4.68. The van der Waals surface area contributed by atoms with Gasteiger partial charge >= 0.3 is 0 Å². The van der Waals surface area contributed by atoms with Crippen LogP contribution in [0.15, 0.2) is 12.1 Å². The van der Waals surface area contributed by atoms with E-state index in [2.05, 4.69) is 15.0 Å². The van der Waals surface area contributed by atoms with Gasteiger partial charge in [0.2, 0.25) is 5.88 Å². The highest BCUT2D eigenvalue weighted by atomic mass is 16.5. The predicted octanol–water partition coefficient (Wildman–Crippen LogP) is 3.01. The van der Waals surface area contributed by atoms with Crippen LogP contribution in [0.1, 0.15) is 43.8 Å². The van der Waals surface area contributed by atoms with Gasteiger partial charge in [-0.25, -0.2) is 4.98 Å². The fourth-order valence-electron chi connectivity index (χ4n) is 2.58. The van der Waals surface area contributed by atoms with Gasteiger partial charge in [-0.15, -0.1) is 0 Å². The molecule has 0 saturated heterocycles. The molecule has 0 aliphatic heterocycles. The first-order valence-electron chi connectivity index (χ1n) is 6.27. The first-order valence-corrected chi connectivity index (χ1v) is 6.27. The highest BCUT2D eigenvalue weighted by molar-refractivity contribution is 5.71. The van der Waals surface area contributed by atoms with E-state index in [9.17, 15) is 0 Å². The molecular weight excluding hydrogens is 214 g/mol. The van der Waals surface area contributed by atoms with E-state index in [4.69, 9.17) is 4.74 Å². The third-order valence-electron chi connectivity index (χ3n) is 3.54. The van der Waals surface area contributed by atoms with Crippen molar-refractivity contribution in [2.24, 2.45) is 0 Å². The van der Waals surface area contributed by atoms with Crippen LogP contribution in [0.25, 0.3) is 11.2 Å². The minimum absolute atomic E-state index is 0.587. The molecule has 0 amide bonds. The van der Waals surface area contributed by atoms with E-state index >= 15 is 0 Å². The first-order chi connectivity index (χ1) is 8.36. The number of rotatable bonds is 2. The maximum atomic E-state index is 5.11. The Labute approximate surface area is 100 Å². The van der Waals surface area contributed by atoms with Gasteiger partial charge in [-0.05, 0) is 18.9 Å². The number of aromatic nitrogens is 3. The number of imidazole rings is 1. The average molecular weight is 231 g/mol. The van der Waals surface area contributed by atoms with Crippen molar-refractivity contribution < 1.29 is 4.74 Å². The predicted molar refractivity (Wildman–Crippen MR) is 66.3 cm³/mol. The Morgan fingerprint density at radius 3 is 2.76 bits per heavy atom. The molecule has 2 aromatic heterocycles. The molecule has 0 radical (unpaired) electrons. The molecule has 2 heterocycles. The SMILES string of the molecule is COc1ccc2[nH]c(C3CCCCC3)nc2n1. The molecule has 2 aromatic rings. The zero-order chi connectivity index (χ0) is 11.7. The number of nitrogens with one attached hydrogen (secondary N) is 1. The summed E-state index contributed by atoms with van der Waals surface area (Å²) in [4.78, 5) is 12.3. The second kappa shape index (κ2) is 4.35. The lowest BCUT2D eigenvalue weighted by molar-refractivity contribution is 0.399. The number of hydrogen-bond acceptors (Lipinski definition) is 3. The summed E-state index contributed by atoms with van der Waals surface area (Å²) >= 11 is 0. The summed E-state index contributed by atoms with van der Waals surface area (Å²) in [5.41, 5.74) is 1.77. The van der Waals surface area contributed by atoms with Crippen molar-refractivity contribution in [3.63, 3.8) is 0 Å². The Balaban J connectivity index is 1.95. The van der Waals surface area contributed by atoms with E-state index in [0.29, 0.717) is 11.8 Å². The van der Waals surface area contributed by atoms with Crippen LogP contribution in [-0.4, -0.2) is 22.1 Å². The first kappa shape index (κ1) is 10.6. The Morgan fingerprint density at radius 2 is 2.00 bits per heavy atom. The van der Waals surface area contributed by atoms with E-state index in [1.165, 1.54) is 32.1 Å². The standard InChI is InChI=1S/C13H17N3O/c1-17-11-8-7-10-13(15-11)16-12(14-10)9-5-3-2-4-6-9/h7-9H,2-6H2,1H3,(H,14,15,16). The normalized spacial score (nSPS) is 17.5. The molecule has 0 spiro atoms. The molecule has 4 heteroatoms. The molecule has 4 nitrogen and oxygen atoms in total. The van der Waals surface area contributed by atoms with Gasteiger partial charge in [-0.1, -0.05) is 19.3 Å². The Hall–Kier alpha value is -1.58. The number of pyridine rings is 1. The van der Waals surface area contributed by atoms with Crippen molar-refractivity contribution >= 4 is 11.2 Å². The van der Waals surface area contributed by atoms with Crippen molar-refractivity contribution in [1.29, 1.82) is 0 Å². The maximum Gasteiger partial charge on any atom is 0.215 e. The number of aromatic amines is 1. The van der Waals surface area contributed by atoms with Crippen LogP contribution in [0.2, 0.25) is 0 Å². The second-order valence-electron chi connectivity index (χ2n) is 4.68. The number of H-pyrrole nitrogens is 1. The Bertz CT molecular complexity index is 514. The molecule has 1 fully saturated rings. The number of hydrogen-bond donors (Lipinski definition) is 1. The molecule has 17 heavy (non-hydrogen) atoms. The van der Waals surface area contributed by atoms with Crippen molar-refractivity contribution in [1.82, 2.24) is 15.0 Å². The van der Waals surface area contributed by atoms with Gasteiger partial charge < -0.3 is 9.72 Å². The number of nitrogens with zero attached hydrogens (tertiary/aromatic N) is 2. The zero-order valence-electron chi connectivity index (χ0n) is 10.1. The molecule has 0 aromatic carbocycles. The fourth-order valence-corrected chi connectivity index (χ4v) is 2.58. The van der Waals surface area contributed by atoms with Gasteiger partial charge in [0.25, 0.3) is 0 Å². The lowest BCUT2D eigenvalue weighted by Crippen LogP contribution is -2.05. The van der Waals surface area contributed by atoms with Gasteiger partial charge in [-0.2, -0.15) is 4.98 Å². The molecule has 0 unspecified atom stereocenters. The summed E-state index contributed by atoms with van der Waals surface area (Å²) in [5.74, 6) is 2.31. The fraction of sp³-hybridized carbons (Fsp3) is 0.538.